The molecule has 13 rings (SSSR count). The third-order valence-corrected chi connectivity index (χ3v) is 13.2. The number of rotatable bonds is 4. The maximum absolute atomic E-state index is 12.1. The van der Waals surface area contributed by atoms with E-state index in [0.717, 1.165) is 87.3 Å². The van der Waals surface area contributed by atoms with Gasteiger partial charge in [-0.2, -0.15) is 21.0 Å². The van der Waals surface area contributed by atoms with Gasteiger partial charge in [-0.05, 0) is 84.4 Å². The molecule has 0 bridgehead atoms. The molecule has 8 nitrogen and oxygen atoms in total. The van der Waals surface area contributed by atoms with Crippen molar-refractivity contribution in [1.82, 2.24) is 13.7 Å². The molecule has 0 fully saturated rings. The summed E-state index contributed by atoms with van der Waals surface area (Å²) in [5.74, 6) is 0. The zero-order valence-electron chi connectivity index (χ0n) is 34.8. The van der Waals surface area contributed by atoms with Gasteiger partial charge in [0.05, 0.1) is 73.4 Å². The van der Waals surface area contributed by atoms with Gasteiger partial charge >= 0.3 is 0 Å². The Morgan fingerprint density at radius 1 is 0.318 bits per heavy atom. The molecule has 0 spiro atoms. The number of nitrogens with zero attached hydrogens (tertiary/aromatic N) is 7. The molecule has 66 heavy (non-hydrogen) atoms. The SMILES string of the molecule is N#Cc1ccc2c(c1)c1ccccc1n2-c1c(C#N)c(-n2c3ccccc3c3ccccc32)c(C#N)c(-n2c3ccccc3c3cc(C#N)ccc32)c1-c1ccc2oc3ccccc3c2c1. The van der Waals surface area contributed by atoms with Crippen molar-refractivity contribution in [2.75, 3.05) is 0 Å². The van der Waals surface area contributed by atoms with Crippen LogP contribution in [-0.4, -0.2) is 13.7 Å². The maximum Gasteiger partial charge on any atom is 0.135 e. The Morgan fingerprint density at radius 3 is 1.18 bits per heavy atom. The predicted octanol–water partition coefficient (Wildman–Crippen LogP) is 14.0. The Hall–Kier alpha value is -9.86. The van der Waals surface area contributed by atoms with Gasteiger partial charge in [-0.15, -0.1) is 0 Å². The van der Waals surface area contributed by atoms with E-state index in [1.807, 2.05) is 158 Å². The molecule has 0 saturated heterocycles. The van der Waals surface area contributed by atoms with E-state index in [1.54, 1.807) is 0 Å². The van der Waals surface area contributed by atoms with Crippen LogP contribution in [0, 0.1) is 45.3 Å². The van der Waals surface area contributed by atoms with E-state index in [9.17, 15) is 21.0 Å². The van der Waals surface area contributed by atoms with Crippen LogP contribution in [0.3, 0.4) is 0 Å². The van der Waals surface area contributed by atoms with Crippen LogP contribution in [0.1, 0.15) is 22.3 Å². The summed E-state index contributed by atoms with van der Waals surface area (Å²) >= 11 is 0. The molecule has 302 valence electrons. The van der Waals surface area contributed by atoms with E-state index in [-0.39, 0.29) is 11.1 Å². The molecule has 0 N–H and O–H groups in total. The molecule has 0 atom stereocenters. The molecule has 4 heterocycles. The lowest BCUT2D eigenvalue weighted by Crippen LogP contribution is -2.14. The third kappa shape index (κ3) is 4.93. The van der Waals surface area contributed by atoms with Crippen LogP contribution >= 0.6 is 0 Å². The summed E-state index contributed by atoms with van der Waals surface area (Å²) in [5.41, 5.74) is 10.9. The number of hydrogen-bond donors (Lipinski definition) is 0. The normalized spacial score (nSPS) is 11.6. The van der Waals surface area contributed by atoms with E-state index in [0.29, 0.717) is 39.3 Å². The molecule has 0 unspecified atom stereocenters. The molecule has 8 heteroatoms. The van der Waals surface area contributed by atoms with Crippen LogP contribution in [-0.2, 0) is 0 Å². The first kappa shape index (κ1) is 36.8. The summed E-state index contributed by atoms with van der Waals surface area (Å²) in [7, 11) is 0. The van der Waals surface area contributed by atoms with Crippen molar-refractivity contribution >= 4 is 87.4 Å². The van der Waals surface area contributed by atoms with Crippen molar-refractivity contribution in [3.8, 4) is 52.5 Å². The molecular weight excluding hydrogens is 811 g/mol. The molecular formula is C58H29N7O. The highest BCUT2D eigenvalue weighted by Gasteiger charge is 2.33. The van der Waals surface area contributed by atoms with Crippen molar-refractivity contribution in [2.45, 2.75) is 0 Å². The van der Waals surface area contributed by atoms with E-state index >= 15 is 0 Å². The summed E-state index contributed by atoms with van der Waals surface area (Å²) in [6.45, 7) is 0. The molecule has 9 aromatic carbocycles. The standard InChI is InChI=1S/C58H29N7O/c59-30-34-21-24-51-42(27-34)39-13-3-8-18-49(39)64(51)57-45(32-61)56(63-47-16-6-1-11-37(47)38-12-2-7-17-48(38)63)46(33-62)58(55(57)36-23-26-54-44(29-36)41-15-5-10-20-53(41)66-54)65-50-19-9-4-14-40(50)43-28-35(31-60)22-25-52(43)65/h1-29H. The second-order valence-electron chi connectivity index (χ2n) is 16.5. The van der Waals surface area contributed by atoms with Gasteiger partial charge in [0.15, 0.2) is 0 Å². The van der Waals surface area contributed by atoms with Crippen molar-refractivity contribution in [3.05, 3.63) is 198 Å². The van der Waals surface area contributed by atoms with Gasteiger partial charge in [-0.25, -0.2) is 0 Å². The quantitative estimate of drug-likeness (QED) is 0.175. The second-order valence-corrected chi connectivity index (χ2v) is 16.5. The highest BCUT2D eigenvalue weighted by molar-refractivity contribution is 6.16. The number of para-hydroxylation sites is 5. The van der Waals surface area contributed by atoms with Crippen molar-refractivity contribution < 1.29 is 4.42 Å². The number of benzene rings is 9. The average molecular weight is 840 g/mol. The Labute approximate surface area is 375 Å². The molecule has 0 aliphatic rings. The van der Waals surface area contributed by atoms with E-state index < -0.39 is 0 Å². The Balaban J connectivity index is 1.35. The molecule has 0 saturated carbocycles. The number of fused-ring (bicyclic) bond motifs is 12. The highest BCUT2D eigenvalue weighted by atomic mass is 16.3. The molecule has 0 aliphatic heterocycles. The zero-order chi connectivity index (χ0) is 44.2. The van der Waals surface area contributed by atoms with Crippen LogP contribution in [0.15, 0.2) is 180 Å². The Kier molecular flexibility index (Phi) is 7.70. The minimum Gasteiger partial charge on any atom is -0.456 e. The first-order chi connectivity index (χ1) is 32.6. The molecule has 4 aromatic heterocycles. The maximum atomic E-state index is 12.1. The molecule has 0 amide bonds. The fourth-order valence-corrected chi connectivity index (χ4v) is 10.5. The summed E-state index contributed by atoms with van der Waals surface area (Å²) in [4.78, 5) is 0. The van der Waals surface area contributed by atoms with E-state index in [2.05, 4.69) is 56.2 Å². The number of aromatic nitrogens is 3. The minimum atomic E-state index is 0.286. The van der Waals surface area contributed by atoms with Crippen molar-refractivity contribution in [2.24, 2.45) is 0 Å². The number of nitriles is 4. The van der Waals surface area contributed by atoms with Crippen molar-refractivity contribution in [3.63, 3.8) is 0 Å². The first-order valence-corrected chi connectivity index (χ1v) is 21.4. The summed E-state index contributed by atoms with van der Waals surface area (Å²) in [6.07, 6.45) is 0. The monoisotopic (exact) mass is 839 g/mol. The third-order valence-electron chi connectivity index (χ3n) is 13.2. The second kappa shape index (κ2) is 13.8. The zero-order valence-corrected chi connectivity index (χ0v) is 34.8. The molecule has 13 aromatic rings. The number of hydrogen-bond acceptors (Lipinski definition) is 5. The largest absolute Gasteiger partial charge is 0.456 e. The molecule has 0 aliphatic carbocycles. The van der Waals surface area contributed by atoms with Gasteiger partial charge in [0.25, 0.3) is 0 Å². The van der Waals surface area contributed by atoms with Crippen LogP contribution < -0.4 is 0 Å². The van der Waals surface area contributed by atoms with Gasteiger partial charge in [0.1, 0.15) is 34.4 Å². The Morgan fingerprint density at radius 2 is 0.712 bits per heavy atom. The van der Waals surface area contributed by atoms with Gasteiger partial charge in [-0.1, -0.05) is 97.1 Å². The fourth-order valence-electron chi connectivity index (χ4n) is 10.5. The van der Waals surface area contributed by atoms with Crippen LogP contribution in [0.5, 0.6) is 0 Å². The predicted molar refractivity (Wildman–Crippen MR) is 261 cm³/mol. The molecule has 0 radical (unpaired) electrons. The van der Waals surface area contributed by atoms with Gasteiger partial charge in [-0.3, -0.25) is 0 Å². The van der Waals surface area contributed by atoms with E-state index in [4.69, 9.17) is 4.42 Å². The van der Waals surface area contributed by atoms with Crippen molar-refractivity contribution in [1.29, 1.82) is 21.0 Å². The minimum absolute atomic E-state index is 0.286. The fraction of sp³-hybridized carbons (Fsp3) is 0. The lowest BCUT2D eigenvalue weighted by atomic mass is 9.91. The average Bonchev–Trinajstić information content (AvgIpc) is 4.11. The van der Waals surface area contributed by atoms with Crippen LogP contribution in [0.25, 0.3) is 116 Å². The summed E-state index contributed by atoms with van der Waals surface area (Å²) in [5, 5.41) is 51.8. The first-order valence-electron chi connectivity index (χ1n) is 21.4. The van der Waals surface area contributed by atoms with Gasteiger partial charge in [0.2, 0.25) is 0 Å². The summed E-state index contributed by atoms with van der Waals surface area (Å²) < 4.78 is 12.7. The van der Waals surface area contributed by atoms with Crippen LogP contribution in [0.4, 0.5) is 0 Å². The highest BCUT2D eigenvalue weighted by Crippen LogP contribution is 2.49. The topological polar surface area (TPSA) is 123 Å². The smallest absolute Gasteiger partial charge is 0.135 e. The van der Waals surface area contributed by atoms with E-state index in [1.165, 1.54) is 0 Å². The number of furan rings is 1. The Bertz CT molecular complexity index is 4250. The summed E-state index contributed by atoms with van der Waals surface area (Å²) in [6, 6.07) is 67.8. The van der Waals surface area contributed by atoms with Gasteiger partial charge < -0.3 is 18.1 Å². The van der Waals surface area contributed by atoms with Gasteiger partial charge in [0, 0.05) is 48.7 Å². The lowest BCUT2D eigenvalue weighted by Gasteiger charge is -2.26. The lowest BCUT2D eigenvalue weighted by molar-refractivity contribution is 0.669. The van der Waals surface area contributed by atoms with Crippen LogP contribution in [0.2, 0.25) is 0 Å².